The smallest absolute Gasteiger partial charge is 0.287 e. The Kier molecular flexibility index (Phi) is 4.01. The lowest BCUT2D eigenvalue weighted by atomic mass is 10.3. The van der Waals surface area contributed by atoms with Gasteiger partial charge in [-0.2, -0.15) is 0 Å². The van der Waals surface area contributed by atoms with Gasteiger partial charge in [-0.25, -0.2) is 0 Å². The first-order valence-electron chi connectivity index (χ1n) is 5.52. The Labute approximate surface area is 103 Å². The summed E-state index contributed by atoms with van der Waals surface area (Å²) in [4.78, 5) is 11.5. The second-order valence-electron chi connectivity index (χ2n) is 3.94. The molecule has 0 saturated heterocycles. The number of halogens is 1. The Bertz CT molecular complexity index is 361. The van der Waals surface area contributed by atoms with Crippen molar-refractivity contribution in [3.8, 4) is 0 Å². The van der Waals surface area contributed by atoms with E-state index in [4.69, 9.17) is 4.42 Å². The van der Waals surface area contributed by atoms with Crippen LogP contribution in [0.3, 0.4) is 0 Å². The largest absolute Gasteiger partial charge is 0.444 e. The van der Waals surface area contributed by atoms with Crippen LogP contribution in [0.4, 0.5) is 0 Å². The van der Waals surface area contributed by atoms with Crippen molar-refractivity contribution in [1.82, 2.24) is 10.6 Å². The van der Waals surface area contributed by atoms with E-state index in [1.165, 1.54) is 12.8 Å². The molecule has 0 spiro atoms. The van der Waals surface area contributed by atoms with E-state index in [9.17, 15) is 4.79 Å². The summed E-state index contributed by atoms with van der Waals surface area (Å²) >= 11 is 3.16. The minimum Gasteiger partial charge on any atom is -0.444 e. The average molecular weight is 287 g/mol. The summed E-state index contributed by atoms with van der Waals surface area (Å²) in [5.74, 6) is 0.194. The van der Waals surface area contributed by atoms with Gasteiger partial charge in [-0.05, 0) is 53.9 Å². The highest BCUT2D eigenvalue weighted by Gasteiger charge is 2.19. The van der Waals surface area contributed by atoms with Gasteiger partial charge in [0.25, 0.3) is 5.91 Å². The van der Waals surface area contributed by atoms with E-state index < -0.39 is 0 Å². The van der Waals surface area contributed by atoms with Gasteiger partial charge >= 0.3 is 0 Å². The van der Waals surface area contributed by atoms with Gasteiger partial charge in [-0.1, -0.05) is 0 Å². The number of carbonyl (C=O) groups is 1. The Hall–Kier alpha value is -0.810. The van der Waals surface area contributed by atoms with Crippen LogP contribution >= 0.6 is 15.9 Å². The van der Waals surface area contributed by atoms with Crippen molar-refractivity contribution in [2.45, 2.75) is 25.3 Å². The molecule has 2 N–H and O–H groups in total. The highest BCUT2D eigenvalue weighted by Crippen LogP contribution is 2.18. The van der Waals surface area contributed by atoms with Gasteiger partial charge in [-0.15, -0.1) is 0 Å². The molecule has 1 fully saturated rings. The maximum atomic E-state index is 11.5. The number of rotatable bonds is 6. The Morgan fingerprint density at radius 3 is 2.88 bits per heavy atom. The zero-order valence-corrected chi connectivity index (χ0v) is 10.5. The molecule has 1 saturated carbocycles. The number of furan rings is 1. The fourth-order valence-corrected chi connectivity index (χ4v) is 1.71. The Morgan fingerprint density at radius 1 is 1.44 bits per heavy atom. The van der Waals surface area contributed by atoms with Crippen LogP contribution in [0.25, 0.3) is 0 Å². The van der Waals surface area contributed by atoms with Gasteiger partial charge in [0.05, 0.1) is 0 Å². The first kappa shape index (κ1) is 11.7. The number of carbonyl (C=O) groups excluding carboxylic acids is 1. The summed E-state index contributed by atoms with van der Waals surface area (Å²) in [6.45, 7) is 1.64. The van der Waals surface area contributed by atoms with E-state index >= 15 is 0 Å². The number of nitrogens with one attached hydrogen (secondary N) is 2. The molecular formula is C11H15BrN2O2. The third kappa shape index (κ3) is 3.64. The van der Waals surface area contributed by atoms with E-state index in [0.29, 0.717) is 17.0 Å². The number of hydrogen-bond acceptors (Lipinski definition) is 3. The molecule has 88 valence electrons. The monoisotopic (exact) mass is 286 g/mol. The van der Waals surface area contributed by atoms with Gasteiger partial charge in [-0.3, -0.25) is 4.79 Å². The maximum Gasteiger partial charge on any atom is 0.287 e. The summed E-state index contributed by atoms with van der Waals surface area (Å²) in [5.41, 5.74) is 0. The standard InChI is InChI=1S/C11H15BrN2O2/c12-10-5-4-9(16-10)11(15)14-7-1-6-13-8-2-3-8/h4-5,8,13H,1-3,6-7H2,(H,14,15). The van der Waals surface area contributed by atoms with Crippen LogP contribution in [-0.4, -0.2) is 25.0 Å². The molecule has 2 rings (SSSR count). The van der Waals surface area contributed by atoms with Crippen molar-refractivity contribution >= 4 is 21.8 Å². The van der Waals surface area contributed by atoms with Gasteiger partial charge < -0.3 is 15.1 Å². The van der Waals surface area contributed by atoms with Crippen LogP contribution < -0.4 is 10.6 Å². The van der Waals surface area contributed by atoms with Crippen LogP contribution in [-0.2, 0) is 0 Å². The lowest BCUT2D eigenvalue weighted by Gasteiger charge is -2.03. The molecule has 1 amide bonds. The molecule has 0 aliphatic heterocycles. The molecule has 0 radical (unpaired) electrons. The third-order valence-corrected chi connectivity index (χ3v) is 2.87. The molecule has 1 heterocycles. The average Bonchev–Trinajstić information content (AvgIpc) is 2.99. The minimum atomic E-state index is -0.155. The zero-order valence-electron chi connectivity index (χ0n) is 8.96. The van der Waals surface area contributed by atoms with Gasteiger partial charge in [0.1, 0.15) is 0 Å². The molecule has 1 aromatic rings. The molecule has 1 aromatic heterocycles. The highest BCUT2D eigenvalue weighted by atomic mass is 79.9. The summed E-state index contributed by atoms with van der Waals surface area (Å²) < 4.78 is 5.72. The van der Waals surface area contributed by atoms with Crippen LogP contribution in [0.15, 0.2) is 21.2 Å². The Morgan fingerprint density at radius 2 is 2.25 bits per heavy atom. The molecule has 0 unspecified atom stereocenters. The van der Waals surface area contributed by atoms with E-state index in [1.807, 2.05) is 0 Å². The van der Waals surface area contributed by atoms with Crippen LogP contribution in [0.5, 0.6) is 0 Å². The second-order valence-corrected chi connectivity index (χ2v) is 4.72. The van der Waals surface area contributed by atoms with Crippen molar-refractivity contribution < 1.29 is 9.21 Å². The number of hydrogen-bond donors (Lipinski definition) is 2. The second kappa shape index (κ2) is 5.50. The topological polar surface area (TPSA) is 54.3 Å². The molecule has 4 nitrogen and oxygen atoms in total. The third-order valence-electron chi connectivity index (χ3n) is 2.45. The first-order chi connectivity index (χ1) is 7.75. The quantitative estimate of drug-likeness (QED) is 0.786. The minimum absolute atomic E-state index is 0.155. The summed E-state index contributed by atoms with van der Waals surface area (Å²) in [7, 11) is 0. The van der Waals surface area contributed by atoms with Crippen LogP contribution in [0, 0.1) is 0 Å². The molecular weight excluding hydrogens is 272 g/mol. The summed E-state index contributed by atoms with van der Waals surface area (Å²) in [6.07, 6.45) is 3.55. The number of amides is 1. The summed E-state index contributed by atoms with van der Waals surface area (Å²) in [5, 5.41) is 6.20. The van der Waals surface area contributed by atoms with Gasteiger partial charge in [0.15, 0.2) is 10.4 Å². The lowest BCUT2D eigenvalue weighted by Crippen LogP contribution is -2.27. The molecule has 0 aromatic carbocycles. The maximum absolute atomic E-state index is 11.5. The predicted octanol–water partition coefficient (Wildman–Crippen LogP) is 1.91. The fourth-order valence-electron chi connectivity index (χ4n) is 1.41. The van der Waals surface area contributed by atoms with E-state index in [-0.39, 0.29) is 5.91 Å². The van der Waals surface area contributed by atoms with Crippen molar-refractivity contribution in [3.63, 3.8) is 0 Å². The molecule has 0 bridgehead atoms. The molecule has 0 atom stereocenters. The predicted molar refractivity (Wildman–Crippen MR) is 64.4 cm³/mol. The van der Waals surface area contributed by atoms with Gasteiger partial charge in [0.2, 0.25) is 0 Å². The van der Waals surface area contributed by atoms with E-state index in [2.05, 4.69) is 26.6 Å². The van der Waals surface area contributed by atoms with Crippen molar-refractivity contribution in [2.24, 2.45) is 0 Å². The van der Waals surface area contributed by atoms with Crippen molar-refractivity contribution in [1.29, 1.82) is 0 Å². The molecule has 1 aliphatic rings. The van der Waals surface area contributed by atoms with Crippen LogP contribution in [0.1, 0.15) is 29.8 Å². The normalized spacial score (nSPS) is 15.1. The molecule has 16 heavy (non-hydrogen) atoms. The highest BCUT2D eigenvalue weighted by molar-refractivity contribution is 9.10. The Balaban J connectivity index is 1.59. The van der Waals surface area contributed by atoms with Gasteiger partial charge in [0, 0.05) is 12.6 Å². The first-order valence-corrected chi connectivity index (χ1v) is 6.32. The SMILES string of the molecule is O=C(NCCCNC1CC1)c1ccc(Br)o1. The van der Waals surface area contributed by atoms with E-state index in [1.54, 1.807) is 12.1 Å². The molecule has 1 aliphatic carbocycles. The summed E-state index contributed by atoms with van der Waals surface area (Å²) in [6, 6.07) is 4.10. The fraction of sp³-hybridized carbons (Fsp3) is 0.545. The van der Waals surface area contributed by atoms with Crippen molar-refractivity contribution in [2.75, 3.05) is 13.1 Å². The van der Waals surface area contributed by atoms with Crippen molar-refractivity contribution in [3.05, 3.63) is 22.6 Å². The van der Waals surface area contributed by atoms with Crippen LogP contribution in [0.2, 0.25) is 0 Å². The molecule has 5 heteroatoms. The zero-order chi connectivity index (χ0) is 11.4. The van der Waals surface area contributed by atoms with E-state index in [0.717, 1.165) is 19.0 Å². The lowest BCUT2D eigenvalue weighted by molar-refractivity contribution is 0.0924.